The van der Waals surface area contributed by atoms with E-state index in [1.807, 2.05) is 24.3 Å². The molecule has 1 aromatic heterocycles. The van der Waals surface area contributed by atoms with Crippen LogP contribution in [0.2, 0.25) is 0 Å². The topological polar surface area (TPSA) is 62.0 Å². The molecule has 0 aliphatic carbocycles. The lowest BCUT2D eigenvalue weighted by atomic mass is 10.1. The van der Waals surface area contributed by atoms with Gasteiger partial charge in [0.1, 0.15) is 11.6 Å². The highest BCUT2D eigenvalue weighted by molar-refractivity contribution is 7.80. The monoisotopic (exact) mass is 344 g/mol. The number of thiocarbonyl (C=S) groups is 1. The van der Waals surface area contributed by atoms with Gasteiger partial charge in [0.2, 0.25) is 5.95 Å². The lowest BCUT2D eigenvalue weighted by Gasteiger charge is -2.11. The molecule has 7 heteroatoms. The van der Waals surface area contributed by atoms with Crippen molar-refractivity contribution in [2.75, 3.05) is 19.0 Å². The second-order valence-electron chi connectivity index (χ2n) is 5.15. The van der Waals surface area contributed by atoms with Crippen LogP contribution in [0.15, 0.2) is 42.5 Å². The van der Waals surface area contributed by atoms with Gasteiger partial charge >= 0.3 is 0 Å². The second kappa shape index (κ2) is 7.27. The number of nitrogens with one attached hydrogen (secondary N) is 3. The molecule has 0 atom stereocenters. The van der Waals surface area contributed by atoms with Gasteiger partial charge in [-0.2, -0.15) is 0 Å². The Morgan fingerprint density at radius 3 is 2.88 bits per heavy atom. The summed E-state index contributed by atoms with van der Waals surface area (Å²) in [5.41, 5.74) is 2.32. The van der Waals surface area contributed by atoms with Crippen LogP contribution in [0.4, 0.5) is 10.3 Å². The van der Waals surface area contributed by atoms with E-state index in [1.165, 1.54) is 13.2 Å². The minimum Gasteiger partial charge on any atom is -0.496 e. The van der Waals surface area contributed by atoms with E-state index in [9.17, 15) is 4.39 Å². The number of ether oxygens (including phenoxy) is 1. The third kappa shape index (κ3) is 3.62. The Balaban J connectivity index is 1.56. The number of para-hydroxylation sites is 2. The molecule has 124 valence electrons. The van der Waals surface area contributed by atoms with Gasteiger partial charge in [-0.3, -0.25) is 0 Å². The fraction of sp³-hybridized carbons (Fsp3) is 0.176. The van der Waals surface area contributed by atoms with E-state index in [0.717, 1.165) is 11.0 Å². The van der Waals surface area contributed by atoms with E-state index >= 15 is 0 Å². The maximum atomic E-state index is 13.9. The largest absolute Gasteiger partial charge is 0.496 e. The summed E-state index contributed by atoms with van der Waals surface area (Å²) in [7, 11) is 1.53. The number of hydrogen-bond donors (Lipinski definition) is 3. The predicted octanol–water partition coefficient (Wildman–Crippen LogP) is 3.24. The maximum absolute atomic E-state index is 13.9. The highest BCUT2D eigenvalue weighted by Gasteiger charge is 2.09. The zero-order valence-corrected chi connectivity index (χ0v) is 13.9. The van der Waals surface area contributed by atoms with Crippen LogP contribution in [0.1, 0.15) is 5.56 Å². The van der Waals surface area contributed by atoms with Gasteiger partial charge in [0.25, 0.3) is 0 Å². The number of imidazole rings is 1. The summed E-state index contributed by atoms with van der Waals surface area (Å²) < 4.78 is 19.0. The molecule has 3 aromatic rings. The van der Waals surface area contributed by atoms with Gasteiger partial charge in [-0.05, 0) is 42.9 Å². The van der Waals surface area contributed by atoms with Crippen molar-refractivity contribution in [1.29, 1.82) is 0 Å². The van der Waals surface area contributed by atoms with E-state index in [-0.39, 0.29) is 5.82 Å². The highest BCUT2D eigenvalue weighted by Crippen LogP contribution is 2.21. The molecule has 3 N–H and O–H groups in total. The molecule has 0 amide bonds. The number of benzene rings is 2. The van der Waals surface area contributed by atoms with Gasteiger partial charge in [0.15, 0.2) is 5.11 Å². The number of fused-ring (bicyclic) bond motifs is 1. The van der Waals surface area contributed by atoms with Crippen LogP contribution in [-0.2, 0) is 6.42 Å². The first-order valence-electron chi connectivity index (χ1n) is 7.48. The van der Waals surface area contributed by atoms with Gasteiger partial charge in [0, 0.05) is 12.1 Å². The number of halogens is 1. The normalized spacial score (nSPS) is 10.6. The molecule has 5 nitrogen and oxygen atoms in total. The first-order valence-corrected chi connectivity index (χ1v) is 7.89. The van der Waals surface area contributed by atoms with Gasteiger partial charge in [-0.25, -0.2) is 9.37 Å². The van der Waals surface area contributed by atoms with Gasteiger partial charge < -0.3 is 20.4 Å². The summed E-state index contributed by atoms with van der Waals surface area (Å²) >= 11 is 5.24. The average Bonchev–Trinajstić information content (AvgIpc) is 2.98. The van der Waals surface area contributed by atoms with Crippen molar-refractivity contribution in [2.45, 2.75) is 6.42 Å². The minimum atomic E-state index is -0.285. The Morgan fingerprint density at radius 1 is 1.25 bits per heavy atom. The summed E-state index contributed by atoms with van der Waals surface area (Å²) in [4.78, 5) is 7.52. The van der Waals surface area contributed by atoms with Crippen LogP contribution in [0.3, 0.4) is 0 Å². The second-order valence-corrected chi connectivity index (χ2v) is 5.56. The molecule has 0 fully saturated rings. The summed E-state index contributed by atoms with van der Waals surface area (Å²) in [5.74, 6) is 0.817. The number of H-pyrrole nitrogens is 1. The highest BCUT2D eigenvalue weighted by atomic mass is 32.1. The van der Waals surface area contributed by atoms with Crippen LogP contribution >= 0.6 is 12.2 Å². The third-order valence-corrected chi connectivity index (χ3v) is 3.82. The predicted molar refractivity (Wildman–Crippen MR) is 97.0 cm³/mol. The molecular weight excluding hydrogens is 327 g/mol. The van der Waals surface area contributed by atoms with Crippen LogP contribution in [0, 0.1) is 5.82 Å². The summed E-state index contributed by atoms with van der Waals surface area (Å²) in [6.07, 6.45) is 0.456. The molecule has 0 aliphatic rings. The summed E-state index contributed by atoms with van der Waals surface area (Å²) in [6.45, 7) is 0.476. The standard InChI is InChI=1S/C17H17FN4OS/c1-23-15-8-4-5-12(18)11(15)9-10-19-17(24)22-16-20-13-6-2-3-7-14(13)21-16/h2-8H,9-10H2,1H3,(H3,19,20,21,22,24). The molecule has 0 unspecified atom stereocenters. The lowest BCUT2D eigenvalue weighted by molar-refractivity contribution is 0.404. The van der Waals surface area contributed by atoms with Gasteiger partial charge in [-0.1, -0.05) is 18.2 Å². The molecule has 0 bridgehead atoms. The average molecular weight is 344 g/mol. The number of aromatic nitrogens is 2. The summed E-state index contributed by atoms with van der Waals surface area (Å²) in [5, 5.41) is 6.45. The zero-order chi connectivity index (χ0) is 16.9. The Hall–Kier alpha value is -2.67. The first kappa shape index (κ1) is 16.2. The van der Waals surface area contributed by atoms with Crippen molar-refractivity contribution in [3.8, 4) is 5.75 Å². The van der Waals surface area contributed by atoms with Gasteiger partial charge in [-0.15, -0.1) is 0 Å². The SMILES string of the molecule is COc1cccc(F)c1CCNC(=S)Nc1nc2ccccc2[nH]1. The fourth-order valence-electron chi connectivity index (χ4n) is 2.44. The van der Waals surface area contributed by atoms with E-state index in [4.69, 9.17) is 17.0 Å². The molecule has 0 spiro atoms. The molecule has 2 aromatic carbocycles. The summed E-state index contributed by atoms with van der Waals surface area (Å²) in [6, 6.07) is 12.5. The molecule has 1 heterocycles. The quantitative estimate of drug-likeness (QED) is 0.620. The maximum Gasteiger partial charge on any atom is 0.207 e. The van der Waals surface area contributed by atoms with Crippen LogP contribution in [0.25, 0.3) is 11.0 Å². The molecule has 0 aliphatic heterocycles. The van der Waals surface area contributed by atoms with Crippen molar-refractivity contribution in [2.24, 2.45) is 0 Å². The van der Waals surface area contributed by atoms with E-state index in [1.54, 1.807) is 12.1 Å². The molecular formula is C17H17FN4OS. The molecule has 24 heavy (non-hydrogen) atoms. The smallest absolute Gasteiger partial charge is 0.207 e. The van der Waals surface area contributed by atoms with Crippen molar-refractivity contribution in [1.82, 2.24) is 15.3 Å². The third-order valence-electron chi connectivity index (χ3n) is 3.58. The number of nitrogens with zero attached hydrogens (tertiary/aromatic N) is 1. The number of hydrogen-bond acceptors (Lipinski definition) is 3. The number of anilines is 1. The Kier molecular flexibility index (Phi) is 4.90. The Labute approximate surface area is 144 Å². The van der Waals surface area contributed by atoms with E-state index < -0.39 is 0 Å². The van der Waals surface area contributed by atoms with Crippen molar-refractivity contribution < 1.29 is 9.13 Å². The number of rotatable bonds is 5. The van der Waals surface area contributed by atoms with Crippen LogP contribution in [-0.4, -0.2) is 28.7 Å². The minimum absolute atomic E-state index is 0.285. The van der Waals surface area contributed by atoms with Crippen molar-refractivity contribution >= 4 is 34.3 Å². The number of methoxy groups -OCH3 is 1. The first-order chi connectivity index (χ1) is 11.7. The van der Waals surface area contributed by atoms with Crippen LogP contribution in [0.5, 0.6) is 5.75 Å². The molecule has 0 saturated carbocycles. The molecule has 0 radical (unpaired) electrons. The van der Waals surface area contributed by atoms with Crippen LogP contribution < -0.4 is 15.4 Å². The Morgan fingerprint density at radius 2 is 2.08 bits per heavy atom. The number of aromatic amines is 1. The fourth-order valence-corrected chi connectivity index (χ4v) is 2.64. The molecule has 3 rings (SSSR count). The molecule has 0 saturated heterocycles. The zero-order valence-electron chi connectivity index (χ0n) is 13.1. The van der Waals surface area contributed by atoms with Gasteiger partial charge in [0.05, 0.1) is 18.1 Å². The van der Waals surface area contributed by atoms with Crippen molar-refractivity contribution in [3.05, 3.63) is 53.8 Å². The van der Waals surface area contributed by atoms with E-state index in [2.05, 4.69) is 20.6 Å². The van der Waals surface area contributed by atoms with Crippen molar-refractivity contribution in [3.63, 3.8) is 0 Å². The lowest BCUT2D eigenvalue weighted by Crippen LogP contribution is -2.30. The van der Waals surface area contributed by atoms with E-state index in [0.29, 0.717) is 35.3 Å². The Bertz CT molecular complexity index is 832.